The van der Waals surface area contributed by atoms with Gasteiger partial charge in [0.2, 0.25) is 11.8 Å². The third-order valence-electron chi connectivity index (χ3n) is 6.29. The van der Waals surface area contributed by atoms with Gasteiger partial charge in [-0.05, 0) is 78.9 Å². The highest BCUT2D eigenvalue weighted by Gasteiger charge is 2.40. The highest BCUT2D eigenvalue weighted by Crippen LogP contribution is 2.35. The Bertz CT molecular complexity index is 1590. The van der Waals surface area contributed by atoms with Crippen LogP contribution in [0.2, 0.25) is 0 Å². The summed E-state index contributed by atoms with van der Waals surface area (Å²) in [5, 5.41) is 10.7. The summed E-state index contributed by atoms with van der Waals surface area (Å²) in [6.45, 7) is 0. The van der Waals surface area contributed by atoms with Gasteiger partial charge in [0, 0.05) is 22.6 Å². The second-order valence-electron chi connectivity index (χ2n) is 8.98. The van der Waals surface area contributed by atoms with Crippen LogP contribution in [-0.4, -0.2) is 37.2 Å². The molecule has 0 radical (unpaired) electrons. The van der Waals surface area contributed by atoms with Gasteiger partial charge in [-0.25, -0.2) is 4.90 Å². The Morgan fingerprint density at radius 1 is 0.829 bits per heavy atom. The number of imide groups is 1. The van der Waals surface area contributed by atoms with E-state index in [9.17, 15) is 14.4 Å². The maximum Gasteiger partial charge on any atom is 0.255 e. The molecule has 0 bridgehead atoms. The van der Waals surface area contributed by atoms with Crippen molar-refractivity contribution in [3.63, 3.8) is 0 Å². The van der Waals surface area contributed by atoms with Crippen LogP contribution in [0.15, 0.2) is 112 Å². The summed E-state index contributed by atoms with van der Waals surface area (Å²) in [5.74, 6) is 0.160. The molecule has 4 aromatic rings. The Balaban J connectivity index is 1.19. The molecule has 41 heavy (non-hydrogen) atoms. The maximum atomic E-state index is 13.1. The number of amides is 3. The zero-order valence-corrected chi connectivity index (χ0v) is 23.1. The van der Waals surface area contributed by atoms with E-state index >= 15 is 0 Å². The lowest BCUT2D eigenvalue weighted by molar-refractivity contribution is -0.121. The second kappa shape index (κ2) is 12.5. The van der Waals surface area contributed by atoms with Gasteiger partial charge in [0.1, 0.15) is 0 Å². The SMILES string of the molecule is COc1ccc(C(=O)Nc2ccc(SC3CC(=O)N(c4ccc(N=Nc5ccccc5)cc4)C3=O)cc2)cc1OC. The Morgan fingerprint density at radius 3 is 2.15 bits per heavy atom. The minimum absolute atomic E-state index is 0.0940. The molecule has 1 atom stereocenters. The second-order valence-corrected chi connectivity index (χ2v) is 10.3. The summed E-state index contributed by atoms with van der Waals surface area (Å²) in [6.07, 6.45) is 0.0940. The fourth-order valence-electron chi connectivity index (χ4n) is 4.21. The van der Waals surface area contributed by atoms with Crippen LogP contribution in [0.1, 0.15) is 16.8 Å². The molecular formula is C31H26N4O5S. The van der Waals surface area contributed by atoms with Crippen molar-refractivity contribution in [3.8, 4) is 11.5 Å². The molecule has 0 aromatic heterocycles. The fourth-order valence-corrected chi connectivity index (χ4v) is 5.26. The molecule has 1 saturated heterocycles. The molecule has 1 aliphatic rings. The van der Waals surface area contributed by atoms with Crippen LogP contribution in [0.4, 0.5) is 22.7 Å². The van der Waals surface area contributed by atoms with Gasteiger partial charge < -0.3 is 14.8 Å². The average Bonchev–Trinajstić information content (AvgIpc) is 3.29. The summed E-state index contributed by atoms with van der Waals surface area (Å²) in [7, 11) is 3.04. The molecule has 10 heteroatoms. The molecule has 0 saturated carbocycles. The first-order chi connectivity index (χ1) is 19.9. The Kier molecular flexibility index (Phi) is 8.40. The molecule has 9 nitrogen and oxygen atoms in total. The van der Waals surface area contributed by atoms with Gasteiger partial charge in [-0.15, -0.1) is 11.8 Å². The van der Waals surface area contributed by atoms with E-state index < -0.39 is 5.25 Å². The first-order valence-electron chi connectivity index (χ1n) is 12.7. The van der Waals surface area contributed by atoms with Gasteiger partial charge in [0.05, 0.1) is 36.5 Å². The summed E-state index contributed by atoms with van der Waals surface area (Å²) < 4.78 is 10.5. The molecule has 1 fully saturated rings. The zero-order valence-electron chi connectivity index (χ0n) is 22.3. The molecule has 0 aliphatic carbocycles. The predicted octanol–water partition coefficient (Wildman–Crippen LogP) is 6.80. The van der Waals surface area contributed by atoms with Crippen molar-refractivity contribution in [1.82, 2.24) is 0 Å². The summed E-state index contributed by atoms with van der Waals surface area (Å²) in [5.41, 5.74) is 2.85. The Morgan fingerprint density at radius 2 is 1.49 bits per heavy atom. The number of nitrogens with zero attached hydrogens (tertiary/aromatic N) is 3. The molecule has 5 rings (SSSR count). The fraction of sp³-hybridized carbons (Fsp3) is 0.129. The topological polar surface area (TPSA) is 110 Å². The van der Waals surface area contributed by atoms with E-state index in [1.54, 1.807) is 54.6 Å². The van der Waals surface area contributed by atoms with Gasteiger partial charge in [-0.3, -0.25) is 14.4 Å². The number of carbonyl (C=O) groups is 3. The third-order valence-corrected chi connectivity index (χ3v) is 7.48. The van der Waals surface area contributed by atoms with Crippen molar-refractivity contribution in [3.05, 3.63) is 103 Å². The number of thioether (sulfide) groups is 1. The lowest BCUT2D eigenvalue weighted by Crippen LogP contribution is -2.30. The number of azo groups is 1. The summed E-state index contributed by atoms with van der Waals surface area (Å²) >= 11 is 1.31. The summed E-state index contributed by atoms with van der Waals surface area (Å²) in [6, 6.07) is 28.2. The molecule has 3 amide bonds. The number of ether oxygens (including phenoxy) is 2. The van der Waals surface area contributed by atoms with Gasteiger partial charge in [-0.1, -0.05) is 18.2 Å². The lowest BCUT2D eigenvalue weighted by atomic mass is 10.2. The zero-order chi connectivity index (χ0) is 28.8. The van der Waals surface area contributed by atoms with Crippen molar-refractivity contribution in [2.24, 2.45) is 10.2 Å². The molecule has 1 N–H and O–H groups in total. The standard InChI is InChI=1S/C31H26N4O5S/c1-39-26-17-8-20(18-27(26)40-2)30(37)32-21-11-15-25(16-12-21)41-28-19-29(36)35(31(28)38)24-13-9-23(10-14-24)34-33-22-6-4-3-5-7-22/h3-18,28H,19H2,1-2H3,(H,32,37). The Hall–Kier alpha value is -4.96. The number of hydrogen-bond donors (Lipinski definition) is 1. The molecule has 1 heterocycles. The van der Waals surface area contributed by atoms with Gasteiger partial charge in [0.15, 0.2) is 11.5 Å². The van der Waals surface area contributed by atoms with E-state index in [2.05, 4.69) is 15.5 Å². The first kappa shape index (κ1) is 27.6. The van der Waals surface area contributed by atoms with Crippen molar-refractivity contribution in [2.45, 2.75) is 16.6 Å². The van der Waals surface area contributed by atoms with Crippen LogP contribution in [0.5, 0.6) is 11.5 Å². The maximum absolute atomic E-state index is 13.1. The van der Waals surface area contributed by atoms with Gasteiger partial charge >= 0.3 is 0 Å². The monoisotopic (exact) mass is 566 g/mol. The number of anilines is 2. The van der Waals surface area contributed by atoms with E-state index in [0.29, 0.717) is 34.1 Å². The van der Waals surface area contributed by atoms with Crippen LogP contribution < -0.4 is 19.7 Å². The van der Waals surface area contributed by atoms with Crippen molar-refractivity contribution < 1.29 is 23.9 Å². The van der Waals surface area contributed by atoms with Crippen LogP contribution in [0.25, 0.3) is 0 Å². The van der Waals surface area contributed by atoms with Crippen LogP contribution in [-0.2, 0) is 9.59 Å². The predicted molar refractivity (Wildman–Crippen MR) is 158 cm³/mol. The average molecular weight is 567 g/mol. The molecule has 0 spiro atoms. The number of benzene rings is 4. The van der Waals surface area contributed by atoms with Crippen molar-refractivity contribution in [2.75, 3.05) is 24.4 Å². The number of carbonyl (C=O) groups excluding carboxylic acids is 3. The van der Waals surface area contributed by atoms with E-state index in [0.717, 1.165) is 10.6 Å². The largest absolute Gasteiger partial charge is 0.493 e. The highest BCUT2D eigenvalue weighted by molar-refractivity contribution is 8.00. The molecular weight excluding hydrogens is 540 g/mol. The molecule has 4 aromatic carbocycles. The molecule has 1 aliphatic heterocycles. The van der Waals surface area contributed by atoms with Crippen LogP contribution >= 0.6 is 11.8 Å². The van der Waals surface area contributed by atoms with Crippen LogP contribution in [0.3, 0.4) is 0 Å². The first-order valence-corrected chi connectivity index (χ1v) is 13.6. The third kappa shape index (κ3) is 6.44. The Labute approximate surface area is 241 Å². The smallest absolute Gasteiger partial charge is 0.255 e. The molecule has 206 valence electrons. The highest BCUT2D eigenvalue weighted by atomic mass is 32.2. The number of hydrogen-bond acceptors (Lipinski definition) is 8. The van der Waals surface area contributed by atoms with E-state index in [1.807, 2.05) is 42.5 Å². The summed E-state index contributed by atoms with van der Waals surface area (Å²) in [4.78, 5) is 40.6. The van der Waals surface area contributed by atoms with Crippen molar-refractivity contribution in [1.29, 1.82) is 0 Å². The van der Waals surface area contributed by atoms with Gasteiger partial charge in [-0.2, -0.15) is 10.2 Å². The van der Waals surface area contributed by atoms with Crippen molar-refractivity contribution >= 4 is 52.2 Å². The minimum atomic E-state index is -0.549. The molecule has 1 unspecified atom stereocenters. The number of rotatable bonds is 9. The van der Waals surface area contributed by atoms with Gasteiger partial charge in [0.25, 0.3) is 5.91 Å². The van der Waals surface area contributed by atoms with E-state index in [4.69, 9.17) is 9.47 Å². The van der Waals surface area contributed by atoms with E-state index in [-0.39, 0.29) is 24.1 Å². The van der Waals surface area contributed by atoms with E-state index in [1.165, 1.54) is 30.9 Å². The number of methoxy groups -OCH3 is 2. The van der Waals surface area contributed by atoms with Crippen LogP contribution in [0, 0.1) is 0 Å². The number of nitrogens with one attached hydrogen (secondary N) is 1. The minimum Gasteiger partial charge on any atom is -0.493 e. The normalized spacial score (nSPS) is 14.9. The quantitative estimate of drug-likeness (QED) is 0.176. The lowest BCUT2D eigenvalue weighted by Gasteiger charge is -2.15.